The highest BCUT2D eigenvalue weighted by Gasteiger charge is 2.35. The van der Waals surface area contributed by atoms with Crippen LogP contribution in [-0.2, 0) is 5.41 Å². The summed E-state index contributed by atoms with van der Waals surface area (Å²) >= 11 is 0. The Morgan fingerprint density at radius 1 is 0.397 bits per heavy atom. The first kappa shape index (κ1) is 37.5. The van der Waals surface area contributed by atoms with Gasteiger partial charge in [0.1, 0.15) is 5.58 Å². The summed E-state index contributed by atoms with van der Waals surface area (Å²) in [6, 6.07) is 77.5. The topological polar surface area (TPSA) is 35.9 Å². The first-order chi connectivity index (χ1) is 33.5. The van der Waals surface area contributed by atoms with E-state index in [0.29, 0.717) is 0 Å². The van der Waals surface area contributed by atoms with Crippen LogP contribution < -0.4 is 0 Å². The summed E-state index contributed by atoms with van der Waals surface area (Å²) < 4.78 is 11.9. The van der Waals surface area contributed by atoms with Crippen molar-refractivity contribution in [3.05, 3.63) is 223 Å². The van der Waals surface area contributed by atoms with Gasteiger partial charge in [0.25, 0.3) is 0 Å². The minimum Gasteiger partial charge on any atom is -0.454 e. The molecule has 0 atom stereocenters. The molecule has 0 spiro atoms. The number of fused-ring (bicyclic) bond motifs is 16. The number of hydrogen-bond donors (Lipinski definition) is 0. The Morgan fingerprint density at radius 2 is 0.971 bits per heavy atom. The zero-order valence-electron chi connectivity index (χ0n) is 37.5. The van der Waals surface area contributed by atoms with Crippen LogP contribution in [0, 0.1) is 0 Å². The van der Waals surface area contributed by atoms with Crippen molar-refractivity contribution in [1.29, 1.82) is 0 Å². The fourth-order valence-electron chi connectivity index (χ4n) is 12.0. The quantitative estimate of drug-likeness (QED) is 0.165. The zero-order valence-corrected chi connectivity index (χ0v) is 37.5. The van der Waals surface area contributed by atoms with Crippen LogP contribution in [0.25, 0.3) is 132 Å². The third-order valence-electron chi connectivity index (χ3n) is 15.1. The van der Waals surface area contributed by atoms with Gasteiger partial charge in [-0.15, -0.1) is 0 Å². The first-order valence-electron chi connectivity index (χ1n) is 23.5. The third-order valence-corrected chi connectivity index (χ3v) is 15.1. The second-order valence-electron chi connectivity index (χ2n) is 19.0. The molecule has 0 N–H and O–H groups in total. The van der Waals surface area contributed by atoms with Gasteiger partial charge in [-0.3, -0.25) is 0 Å². The molecular weight excluding hydrogens is 827 g/mol. The molecule has 4 aromatic heterocycles. The Kier molecular flexibility index (Phi) is 7.53. The van der Waals surface area contributed by atoms with Crippen molar-refractivity contribution < 1.29 is 4.42 Å². The van der Waals surface area contributed by atoms with Gasteiger partial charge >= 0.3 is 0 Å². The predicted octanol–water partition coefficient (Wildman–Crippen LogP) is 17.1. The summed E-state index contributed by atoms with van der Waals surface area (Å²) in [6.07, 6.45) is 0. The number of para-hydroxylation sites is 5. The lowest BCUT2D eigenvalue weighted by Crippen LogP contribution is -2.14. The Hall–Kier alpha value is -8.73. The van der Waals surface area contributed by atoms with Gasteiger partial charge in [0, 0.05) is 65.1 Å². The summed E-state index contributed by atoms with van der Waals surface area (Å²) in [4.78, 5) is 5.58. The molecule has 14 aromatic rings. The molecule has 10 aromatic carbocycles. The van der Waals surface area contributed by atoms with E-state index in [0.717, 1.165) is 77.3 Å². The molecule has 0 fully saturated rings. The SMILES string of the molecule is CC1(C)c2ccccc2-c2ccc(-c3nc4ccccc4c4c3cc(-n3c5ccccc5c5cc(-c6ccc7c(c6)c6ccccc6n7-c6ccccc6)ccc53)c3oc5ccccc5c34)cc21. The van der Waals surface area contributed by atoms with E-state index in [9.17, 15) is 0 Å². The molecule has 0 unspecified atom stereocenters. The molecule has 4 heteroatoms. The molecule has 0 amide bonds. The lowest BCUT2D eigenvalue weighted by atomic mass is 9.81. The third kappa shape index (κ3) is 5.06. The van der Waals surface area contributed by atoms with Crippen molar-refractivity contribution in [1.82, 2.24) is 14.1 Å². The second-order valence-corrected chi connectivity index (χ2v) is 19.0. The predicted molar refractivity (Wildman–Crippen MR) is 284 cm³/mol. The highest BCUT2D eigenvalue weighted by molar-refractivity contribution is 6.30. The number of benzene rings is 10. The molecule has 0 saturated heterocycles. The van der Waals surface area contributed by atoms with E-state index in [2.05, 4.69) is 235 Å². The second kappa shape index (κ2) is 13.7. The highest BCUT2D eigenvalue weighted by atomic mass is 16.3. The van der Waals surface area contributed by atoms with Crippen molar-refractivity contribution in [3.63, 3.8) is 0 Å². The van der Waals surface area contributed by atoms with Crippen LogP contribution in [0.15, 0.2) is 217 Å². The van der Waals surface area contributed by atoms with E-state index in [1.54, 1.807) is 0 Å². The monoisotopic (exact) mass is 867 g/mol. The van der Waals surface area contributed by atoms with Gasteiger partial charge in [0.2, 0.25) is 0 Å². The highest BCUT2D eigenvalue weighted by Crippen LogP contribution is 2.51. The summed E-state index contributed by atoms with van der Waals surface area (Å²) in [5, 5.41) is 10.4. The number of hydrogen-bond acceptors (Lipinski definition) is 2. The van der Waals surface area contributed by atoms with E-state index in [1.165, 1.54) is 66.0 Å². The Labute approximate surface area is 391 Å². The summed E-state index contributed by atoms with van der Waals surface area (Å²) in [6.45, 7) is 4.70. The minimum absolute atomic E-state index is 0.150. The summed E-state index contributed by atoms with van der Waals surface area (Å²) in [7, 11) is 0. The standard InChI is InChI=1S/C64H41N3O/c1-64(2)51-23-11-6-18-42(51)43-31-28-40(36-52(43)64)62-50-37-58(63-61(47-22-10-15-27-59(47)68-63)60(50)46-21-7-12-24-53(46)65-62)67-55-26-14-9-20-45(55)49-35-39(30-33-57(49)67)38-29-32-56-48(34-38)44-19-8-13-25-54(44)66(56)41-16-4-3-5-17-41/h3-37H,1-2H3. The van der Waals surface area contributed by atoms with Crippen molar-refractivity contribution in [2.75, 3.05) is 0 Å². The molecule has 0 aliphatic heterocycles. The van der Waals surface area contributed by atoms with Crippen LogP contribution in [0.1, 0.15) is 25.0 Å². The Bertz CT molecular complexity index is 4470. The first-order valence-corrected chi connectivity index (χ1v) is 23.5. The van der Waals surface area contributed by atoms with Crippen LogP contribution >= 0.6 is 0 Å². The lowest BCUT2D eigenvalue weighted by molar-refractivity contribution is 0.660. The van der Waals surface area contributed by atoms with Gasteiger partial charge in [0.05, 0.1) is 39.0 Å². The van der Waals surface area contributed by atoms with Gasteiger partial charge in [-0.25, -0.2) is 4.98 Å². The average Bonchev–Trinajstić information content (AvgIpc) is 4.11. The van der Waals surface area contributed by atoms with Gasteiger partial charge < -0.3 is 13.6 Å². The lowest BCUT2D eigenvalue weighted by Gasteiger charge is -2.22. The van der Waals surface area contributed by atoms with Crippen LogP contribution in [0.2, 0.25) is 0 Å². The average molecular weight is 868 g/mol. The largest absolute Gasteiger partial charge is 0.454 e. The zero-order chi connectivity index (χ0) is 44.8. The minimum atomic E-state index is -0.150. The van der Waals surface area contributed by atoms with Crippen LogP contribution in [-0.4, -0.2) is 14.1 Å². The van der Waals surface area contributed by atoms with Gasteiger partial charge in [-0.05, 0) is 106 Å². The molecule has 1 aliphatic carbocycles. The van der Waals surface area contributed by atoms with Gasteiger partial charge in [0.15, 0.2) is 5.58 Å². The molecule has 4 nitrogen and oxygen atoms in total. The van der Waals surface area contributed by atoms with Crippen molar-refractivity contribution in [2.24, 2.45) is 0 Å². The fourth-order valence-corrected chi connectivity index (χ4v) is 12.0. The molecule has 68 heavy (non-hydrogen) atoms. The number of aromatic nitrogens is 3. The van der Waals surface area contributed by atoms with E-state index in [-0.39, 0.29) is 5.41 Å². The molecule has 1 aliphatic rings. The maximum absolute atomic E-state index is 7.09. The summed E-state index contributed by atoms with van der Waals surface area (Å²) in [5.41, 5.74) is 19.0. The number of furan rings is 1. The van der Waals surface area contributed by atoms with Crippen LogP contribution in [0.4, 0.5) is 0 Å². The van der Waals surface area contributed by atoms with Crippen molar-refractivity contribution in [2.45, 2.75) is 19.3 Å². The fraction of sp³-hybridized carbons (Fsp3) is 0.0469. The van der Waals surface area contributed by atoms with E-state index < -0.39 is 0 Å². The maximum atomic E-state index is 7.09. The number of pyridine rings is 1. The summed E-state index contributed by atoms with van der Waals surface area (Å²) in [5.74, 6) is 0. The van der Waals surface area contributed by atoms with Crippen LogP contribution in [0.5, 0.6) is 0 Å². The Balaban J connectivity index is 0.994. The number of nitrogens with zero attached hydrogens (tertiary/aromatic N) is 3. The van der Waals surface area contributed by atoms with E-state index in [1.807, 2.05) is 0 Å². The normalized spacial score (nSPS) is 13.3. The smallest absolute Gasteiger partial charge is 0.160 e. The van der Waals surface area contributed by atoms with Gasteiger partial charge in [-0.1, -0.05) is 153 Å². The van der Waals surface area contributed by atoms with Crippen molar-refractivity contribution in [3.8, 4) is 44.9 Å². The maximum Gasteiger partial charge on any atom is 0.160 e. The molecule has 0 radical (unpaired) electrons. The Morgan fingerprint density at radius 3 is 1.74 bits per heavy atom. The molecule has 0 bridgehead atoms. The molecular formula is C64H41N3O. The van der Waals surface area contributed by atoms with E-state index >= 15 is 0 Å². The molecule has 15 rings (SSSR count). The molecule has 318 valence electrons. The van der Waals surface area contributed by atoms with Crippen molar-refractivity contribution >= 4 is 87.2 Å². The van der Waals surface area contributed by atoms with Crippen LogP contribution in [0.3, 0.4) is 0 Å². The number of rotatable bonds is 4. The molecule has 4 heterocycles. The van der Waals surface area contributed by atoms with E-state index in [4.69, 9.17) is 9.40 Å². The molecule has 0 saturated carbocycles. The van der Waals surface area contributed by atoms with Gasteiger partial charge in [-0.2, -0.15) is 0 Å².